The van der Waals surface area contributed by atoms with Gasteiger partial charge in [-0.05, 0) is 0 Å². The fourth-order valence-corrected chi connectivity index (χ4v) is 1.01. The molecule has 0 fully saturated rings. The van der Waals surface area contributed by atoms with Crippen molar-refractivity contribution in [2.24, 2.45) is 0 Å². The zero-order valence-electron chi connectivity index (χ0n) is 7.09. The van der Waals surface area contributed by atoms with E-state index in [4.69, 9.17) is 10.0 Å². The van der Waals surface area contributed by atoms with E-state index in [9.17, 15) is 13.2 Å². The first-order valence-electron chi connectivity index (χ1n) is 3.56. The number of methoxy groups -OCH3 is 1. The molecule has 0 bridgehead atoms. The van der Waals surface area contributed by atoms with Crippen LogP contribution in [-0.2, 0) is 0 Å². The molecule has 0 aliphatic heterocycles. The van der Waals surface area contributed by atoms with Gasteiger partial charge in [0.15, 0.2) is 17.4 Å². The summed E-state index contributed by atoms with van der Waals surface area (Å²) in [6.45, 7) is 0. The lowest BCUT2D eigenvalue weighted by Gasteiger charge is -2.08. The van der Waals surface area contributed by atoms with Gasteiger partial charge < -0.3 is 14.8 Å². The Balaban J connectivity index is 3.44. The van der Waals surface area contributed by atoms with Crippen molar-refractivity contribution in [1.29, 1.82) is 0 Å². The molecule has 0 saturated carbocycles. The van der Waals surface area contributed by atoms with Crippen molar-refractivity contribution < 1.29 is 28.0 Å². The first-order valence-corrected chi connectivity index (χ1v) is 3.56. The van der Waals surface area contributed by atoms with Gasteiger partial charge >= 0.3 is 7.12 Å². The second kappa shape index (κ2) is 3.89. The van der Waals surface area contributed by atoms with Crippen molar-refractivity contribution in [3.8, 4) is 5.75 Å². The van der Waals surface area contributed by atoms with E-state index in [0.717, 1.165) is 7.11 Å². The fraction of sp³-hybridized carbons (Fsp3) is 0.143. The minimum atomic E-state index is -2.36. The van der Waals surface area contributed by atoms with Crippen molar-refractivity contribution >= 4 is 12.6 Å². The highest BCUT2D eigenvalue weighted by Crippen LogP contribution is 2.20. The van der Waals surface area contributed by atoms with Crippen LogP contribution < -0.4 is 10.2 Å². The third-order valence-corrected chi connectivity index (χ3v) is 1.63. The molecule has 0 aliphatic rings. The van der Waals surface area contributed by atoms with Gasteiger partial charge in [0, 0.05) is 6.07 Å². The largest absolute Gasteiger partial charge is 0.494 e. The van der Waals surface area contributed by atoms with Crippen LogP contribution in [0.3, 0.4) is 0 Å². The average molecular weight is 206 g/mol. The van der Waals surface area contributed by atoms with E-state index in [1.54, 1.807) is 0 Å². The molecule has 76 valence electrons. The maximum absolute atomic E-state index is 13.1. The van der Waals surface area contributed by atoms with Crippen LogP contribution in [0.15, 0.2) is 6.07 Å². The van der Waals surface area contributed by atoms with Crippen LogP contribution in [0, 0.1) is 17.5 Å². The molecular weight excluding hydrogens is 200 g/mol. The second-order valence-corrected chi connectivity index (χ2v) is 2.47. The zero-order valence-corrected chi connectivity index (χ0v) is 7.09. The molecule has 0 saturated heterocycles. The van der Waals surface area contributed by atoms with Crippen molar-refractivity contribution in [2.45, 2.75) is 0 Å². The van der Waals surface area contributed by atoms with Gasteiger partial charge in [-0.15, -0.1) is 0 Å². The minimum Gasteiger partial charge on any atom is -0.491 e. The molecule has 0 unspecified atom stereocenters. The van der Waals surface area contributed by atoms with Gasteiger partial charge in [-0.1, -0.05) is 0 Å². The predicted molar refractivity (Wildman–Crippen MR) is 42.7 cm³/mol. The summed E-state index contributed by atoms with van der Waals surface area (Å²) in [5, 5.41) is 17.2. The maximum Gasteiger partial charge on any atom is 0.494 e. The van der Waals surface area contributed by atoms with Gasteiger partial charge in [-0.25, -0.2) is 13.2 Å². The smallest absolute Gasteiger partial charge is 0.491 e. The van der Waals surface area contributed by atoms with Gasteiger partial charge in [0.1, 0.15) is 5.82 Å². The van der Waals surface area contributed by atoms with Crippen molar-refractivity contribution in [1.82, 2.24) is 0 Å². The molecule has 0 amide bonds. The highest BCUT2D eigenvalue weighted by Gasteiger charge is 2.27. The Morgan fingerprint density at radius 3 is 2.21 bits per heavy atom. The van der Waals surface area contributed by atoms with E-state index in [1.807, 2.05) is 0 Å². The molecule has 0 spiro atoms. The van der Waals surface area contributed by atoms with E-state index < -0.39 is 35.8 Å². The monoisotopic (exact) mass is 206 g/mol. The van der Waals surface area contributed by atoms with Gasteiger partial charge in [-0.2, -0.15) is 0 Å². The van der Waals surface area contributed by atoms with Crippen LogP contribution in [0.25, 0.3) is 0 Å². The molecule has 1 rings (SSSR count). The molecule has 0 aliphatic carbocycles. The summed E-state index contributed by atoms with van der Waals surface area (Å²) in [6.07, 6.45) is 0. The van der Waals surface area contributed by atoms with Gasteiger partial charge in [0.05, 0.1) is 12.6 Å². The van der Waals surface area contributed by atoms with E-state index in [1.165, 1.54) is 0 Å². The summed E-state index contributed by atoms with van der Waals surface area (Å²) in [5.41, 5.74) is -1.04. The Hall–Kier alpha value is -1.21. The van der Waals surface area contributed by atoms with Crippen LogP contribution in [0.5, 0.6) is 5.75 Å². The molecule has 7 heteroatoms. The van der Waals surface area contributed by atoms with Crippen molar-refractivity contribution in [2.75, 3.05) is 7.11 Å². The van der Waals surface area contributed by atoms with E-state index in [0.29, 0.717) is 6.07 Å². The summed E-state index contributed by atoms with van der Waals surface area (Å²) in [5.74, 6) is -4.93. The summed E-state index contributed by atoms with van der Waals surface area (Å²) < 4.78 is 43.0. The van der Waals surface area contributed by atoms with Crippen molar-refractivity contribution in [3.63, 3.8) is 0 Å². The highest BCUT2D eigenvalue weighted by molar-refractivity contribution is 6.58. The van der Waals surface area contributed by atoms with Crippen LogP contribution in [0.2, 0.25) is 0 Å². The molecule has 14 heavy (non-hydrogen) atoms. The number of hydrogen-bond donors (Lipinski definition) is 2. The summed E-state index contributed by atoms with van der Waals surface area (Å²) in [6, 6.07) is 0.316. The number of benzene rings is 1. The molecule has 0 radical (unpaired) electrons. The van der Waals surface area contributed by atoms with Crippen LogP contribution in [0.1, 0.15) is 0 Å². The second-order valence-electron chi connectivity index (χ2n) is 2.47. The van der Waals surface area contributed by atoms with E-state index in [2.05, 4.69) is 4.74 Å². The van der Waals surface area contributed by atoms with Gasteiger partial charge in [-0.3, -0.25) is 0 Å². The first-order chi connectivity index (χ1) is 6.49. The minimum absolute atomic E-state index is 0.316. The van der Waals surface area contributed by atoms with E-state index in [-0.39, 0.29) is 0 Å². The number of rotatable bonds is 2. The summed E-state index contributed by atoms with van der Waals surface area (Å²) in [7, 11) is -1.38. The lowest BCUT2D eigenvalue weighted by molar-refractivity contribution is 0.355. The predicted octanol–water partition coefficient (Wildman–Crippen LogP) is -0.208. The standard InChI is InChI=1S/C7H6BF3O3/c1-14-7-4(10)2-3(9)5(6(7)11)8(12)13/h2,12-13H,1H3. The molecular formula is C7H6BF3O3. The Bertz CT molecular complexity index is 357. The summed E-state index contributed by atoms with van der Waals surface area (Å²) in [4.78, 5) is 0. The number of halogens is 3. The molecule has 2 N–H and O–H groups in total. The first kappa shape index (κ1) is 10.9. The number of hydrogen-bond acceptors (Lipinski definition) is 3. The zero-order chi connectivity index (χ0) is 10.9. The summed E-state index contributed by atoms with van der Waals surface area (Å²) >= 11 is 0. The van der Waals surface area contributed by atoms with Gasteiger partial charge in [0.25, 0.3) is 0 Å². The molecule has 0 atom stereocenters. The Labute approximate surface area is 77.9 Å². The topological polar surface area (TPSA) is 49.7 Å². The average Bonchev–Trinajstić information content (AvgIpc) is 2.02. The number of ether oxygens (including phenoxy) is 1. The Morgan fingerprint density at radius 2 is 1.79 bits per heavy atom. The lowest BCUT2D eigenvalue weighted by Crippen LogP contribution is -2.36. The van der Waals surface area contributed by atoms with E-state index >= 15 is 0 Å². The van der Waals surface area contributed by atoms with Crippen LogP contribution in [-0.4, -0.2) is 24.3 Å². The molecule has 1 aromatic carbocycles. The fourth-order valence-electron chi connectivity index (χ4n) is 1.01. The third kappa shape index (κ3) is 1.68. The Kier molecular flexibility index (Phi) is 3.02. The van der Waals surface area contributed by atoms with Crippen molar-refractivity contribution in [3.05, 3.63) is 23.5 Å². The van der Waals surface area contributed by atoms with Gasteiger partial charge in [0.2, 0.25) is 0 Å². The SMILES string of the molecule is COc1c(F)cc(F)c(B(O)O)c1F. The third-order valence-electron chi connectivity index (χ3n) is 1.63. The highest BCUT2D eigenvalue weighted by atomic mass is 19.1. The van der Waals surface area contributed by atoms with Crippen LogP contribution >= 0.6 is 0 Å². The lowest BCUT2D eigenvalue weighted by atomic mass is 9.79. The quantitative estimate of drug-likeness (QED) is 0.658. The molecule has 0 heterocycles. The molecule has 3 nitrogen and oxygen atoms in total. The normalized spacial score (nSPS) is 10.1. The molecule has 1 aromatic rings. The van der Waals surface area contributed by atoms with Crippen LogP contribution in [0.4, 0.5) is 13.2 Å². The Morgan fingerprint density at radius 1 is 1.21 bits per heavy atom. The maximum atomic E-state index is 13.1. The molecule has 0 aromatic heterocycles.